The van der Waals surface area contributed by atoms with Crippen LogP contribution in [0.3, 0.4) is 0 Å². The Hall–Kier alpha value is -0.540. The third-order valence-electron chi connectivity index (χ3n) is 3.40. The van der Waals surface area contributed by atoms with Gasteiger partial charge in [-0.1, -0.05) is 33.6 Å². The second kappa shape index (κ2) is 6.58. The number of nitrogens with zero attached hydrogens (tertiary/aromatic N) is 1. The fourth-order valence-electron chi connectivity index (χ4n) is 2.48. The Morgan fingerprint density at radius 2 is 2.28 bits per heavy atom. The van der Waals surface area contributed by atoms with Crippen molar-refractivity contribution in [1.82, 2.24) is 4.90 Å². The van der Waals surface area contributed by atoms with Crippen molar-refractivity contribution in [2.45, 2.75) is 31.7 Å². The average Bonchev–Trinajstić information content (AvgIpc) is 2.39. The number of hydrogen-bond donors (Lipinski definition) is 0. The fourth-order valence-corrected chi connectivity index (χ4v) is 3.20. The fraction of sp³-hybridized carbons (Fsp3) is 0.500. The lowest BCUT2D eigenvalue weighted by Gasteiger charge is -2.35. The third kappa shape index (κ3) is 3.27. The normalized spacial score (nSPS) is 19.9. The molecular weight excluding hydrogens is 314 g/mol. The Balaban J connectivity index is 2.15. The number of halogens is 2. The predicted octanol–water partition coefficient (Wildman–Crippen LogP) is 4.12. The van der Waals surface area contributed by atoms with Gasteiger partial charge in [-0.25, -0.2) is 0 Å². The largest absolute Gasteiger partial charge is 0.336 e. The summed E-state index contributed by atoms with van der Waals surface area (Å²) in [5.74, 6) is 0.114. The molecule has 18 heavy (non-hydrogen) atoms. The number of likely N-dealkylation sites (tertiary alicyclic amines) is 1. The molecule has 1 atom stereocenters. The van der Waals surface area contributed by atoms with Gasteiger partial charge in [0, 0.05) is 28.5 Å². The lowest BCUT2D eigenvalue weighted by Crippen LogP contribution is -2.43. The number of carbonyl (C=O) groups excluding carboxylic acids is 1. The Morgan fingerprint density at radius 1 is 1.44 bits per heavy atom. The van der Waals surface area contributed by atoms with Crippen LogP contribution in [0.2, 0.25) is 5.02 Å². The van der Waals surface area contributed by atoms with E-state index in [1.807, 2.05) is 17.0 Å². The molecule has 1 heterocycles. The first-order valence-electron chi connectivity index (χ1n) is 6.35. The maximum absolute atomic E-state index is 12.5. The van der Waals surface area contributed by atoms with Crippen LogP contribution in [0.15, 0.2) is 24.3 Å². The van der Waals surface area contributed by atoms with E-state index >= 15 is 0 Å². The second-order valence-corrected chi connectivity index (χ2v) is 5.87. The van der Waals surface area contributed by atoms with Gasteiger partial charge in [-0.2, -0.15) is 0 Å². The van der Waals surface area contributed by atoms with Crippen molar-refractivity contribution in [2.75, 3.05) is 11.9 Å². The van der Waals surface area contributed by atoms with Crippen molar-refractivity contribution in [3.8, 4) is 0 Å². The molecule has 4 heteroatoms. The van der Waals surface area contributed by atoms with Crippen molar-refractivity contribution < 1.29 is 4.79 Å². The monoisotopic (exact) mass is 329 g/mol. The van der Waals surface area contributed by atoms with Crippen LogP contribution in [0.4, 0.5) is 0 Å². The van der Waals surface area contributed by atoms with Gasteiger partial charge in [0.2, 0.25) is 0 Å². The van der Waals surface area contributed by atoms with E-state index in [1.165, 1.54) is 6.42 Å². The summed E-state index contributed by atoms with van der Waals surface area (Å²) in [7, 11) is 0. The first kappa shape index (κ1) is 13.9. The molecule has 1 saturated heterocycles. The highest BCUT2D eigenvalue weighted by Crippen LogP contribution is 2.23. The molecule has 1 aliphatic heterocycles. The van der Waals surface area contributed by atoms with E-state index in [1.54, 1.807) is 12.1 Å². The van der Waals surface area contributed by atoms with Crippen LogP contribution in [0, 0.1) is 0 Å². The molecule has 0 N–H and O–H groups in total. The highest BCUT2D eigenvalue weighted by Gasteiger charge is 2.26. The molecule has 1 aromatic rings. The maximum Gasteiger partial charge on any atom is 0.254 e. The molecule has 0 spiro atoms. The Labute approximate surface area is 121 Å². The molecule has 98 valence electrons. The molecule has 0 aromatic heterocycles. The summed E-state index contributed by atoms with van der Waals surface area (Å²) in [5.41, 5.74) is 0.698. The van der Waals surface area contributed by atoms with Crippen LogP contribution < -0.4 is 0 Å². The van der Waals surface area contributed by atoms with Crippen LogP contribution in [-0.2, 0) is 0 Å². The van der Waals surface area contributed by atoms with E-state index in [0.29, 0.717) is 16.6 Å². The lowest BCUT2D eigenvalue weighted by molar-refractivity contribution is 0.0610. The van der Waals surface area contributed by atoms with Gasteiger partial charge in [0.25, 0.3) is 5.91 Å². The minimum Gasteiger partial charge on any atom is -0.336 e. The van der Waals surface area contributed by atoms with Gasteiger partial charge < -0.3 is 4.90 Å². The van der Waals surface area contributed by atoms with Gasteiger partial charge >= 0.3 is 0 Å². The van der Waals surface area contributed by atoms with Crippen LogP contribution in [0.25, 0.3) is 0 Å². The van der Waals surface area contributed by atoms with Gasteiger partial charge in [-0.3, -0.25) is 4.79 Å². The van der Waals surface area contributed by atoms with Crippen molar-refractivity contribution in [3.05, 3.63) is 34.9 Å². The molecule has 0 bridgehead atoms. The van der Waals surface area contributed by atoms with E-state index in [4.69, 9.17) is 11.6 Å². The van der Waals surface area contributed by atoms with Gasteiger partial charge in [0.15, 0.2) is 0 Å². The van der Waals surface area contributed by atoms with E-state index in [9.17, 15) is 4.79 Å². The smallest absolute Gasteiger partial charge is 0.254 e. The Bertz CT molecular complexity index is 422. The van der Waals surface area contributed by atoms with E-state index in [0.717, 1.165) is 31.1 Å². The number of alkyl halides is 1. The third-order valence-corrected chi connectivity index (χ3v) is 4.09. The molecule has 0 radical (unpaired) electrons. The standard InChI is InChI=1S/C14H17BrClNO/c15-8-7-13-6-1-2-9-17(13)14(18)11-4-3-5-12(16)10-11/h3-5,10,13H,1-2,6-9H2. The summed E-state index contributed by atoms with van der Waals surface area (Å²) in [5, 5.41) is 1.56. The number of piperidine rings is 1. The van der Waals surface area contributed by atoms with E-state index in [2.05, 4.69) is 15.9 Å². The van der Waals surface area contributed by atoms with Crippen LogP contribution in [0.5, 0.6) is 0 Å². The average molecular weight is 331 g/mol. The lowest BCUT2D eigenvalue weighted by atomic mass is 9.99. The summed E-state index contributed by atoms with van der Waals surface area (Å²) in [6.07, 6.45) is 4.45. The number of amides is 1. The molecule has 1 unspecified atom stereocenters. The number of benzene rings is 1. The molecular formula is C14H17BrClNO. The first-order valence-corrected chi connectivity index (χ1v) is 7.85. The van der Waals surface area contributed by atoms with Crippen molar-refractivity contribution in [1.29, 1.82) is 0 Å². The van der Waals surface area contributed by atoms with Gasteiger partial charge in [0.1, 0.15) is 0 Å². The molecule has 1 amide bonds. The zero-order chi connectivity index (χ0) is 13.0. The molecule has 2 rings (SSSR count). The second-order valence-electron chi connectivity index (χ2n) is 4.64. The van der Waals surface area contributed by atoms with Gasteiger partial charge in [-0.05, 0) is 43.9 Å². The molecule has 1 aliphatic rings. The minimum atomic E-state index is 0.114. The van der Waals surface area contributed by atoms with Gasteiger partial charge in [0.05, 0.1) is 0 Å². The van der Waals surface area contributed by atoms with Gasteiger partial charge in [-0.15, -0.1) is 0 Å². The van der Waals surface area contributed by atoms with Crippen molar-refractivity contribution in [2.24, 2.45) is 0 Å². The van der Waals surface area contributed by atoms with E-state index in [-0.39, 0.29) is 5.91 Å². The van der Waals surface area contributed by atoms with Crippen molar-refractivity contribution >= 4 is 33.4 Å². The summed E-state index contributed by atoms with van der Waals surface area (Å²) < 4.78 is 0. The summed E-state index contributed by atoms with van der Waals surface area (Å²) in [6, 6.07) is 7.59. The van der Waals surface area contributed by atoms with Crippen LogP contribution >= 0.6 is 27.5 Å². The number of hydrogen-bond acceptors (Lipinski definition) is 1. The van der Waals surface area contributed by atoms with Crippen molar-refractivity contribution in [3.63, 3.8) is 0 Å². The summed E-state index contributed by atoms with van der Waals surface area (Å²) in [4.78, 5) is 14.5. The molecule has 2 nitrogen and oxygen atoms in total. The Morgan fingerprint density at radius 3 is 3.00 bits per heavy atom. The number of carbonyl (C=O) groups is 1. The molecule has 1 aromatic carbocycles. The summed E-state index contributed by atoms with van der Waals surface area (Å²) in [6.45, 7) is 0.864. The van der Waals surface area contributed by atoms with Crippen LogP contribution in [-0.4, -0.2) is 28.7 Å². The molecule has 1 fully saturated rings. The van der Waals surface area contributed by atoms with E-state index < -0.39 is 0 Å². The topological polar surface area (TPSA) is 20.3 Å². The predicted molar refractivity (Wildman–Crippen MR) is 78.5 cm³/mol. The highest BCUT2D eigenvalue weighted by molar-refractivity contribution is 9.09. The van der Waals surface area contributed by atoms with Crippen LogP contribution in [0.1, 0.15) is 36.0 Å². The quantitative estimate of drug-likeness (QED) is 0.763. The molecule has 0 saturated carbocycles. The first-order chi connectivity index (χ1) is 8.72. The number of rotatable bonds is 3. The minimum absolute atomic E-state index is 0.114. The SMILES string of the molecule is O=C(c1cccc(Cl)c1)N1CCCCC1CCBr. The highest BCUT2D eigenvalue weighted by atomic mass is 79.9. The summed E-state index contributed by atoms with van der Waals surface area (Å²) >= 11 is 9.42. The zero-order valence-corrected chi connectivity index (χ0v) is 12.6. The maximum atomic E-state index is 12.5. The Kier molecular flexibility index (Phi) is 5.07. The molecule has 0 aliphatic carbocycles. The zero-order valence-electron chi connectivity index (χ0n) is 10.2.